The molecule has 2 heterocycles. The molecule has 1 aromatic heterocycles. The number of benzene rings is 2. The van der Waals surface area contributed by atoms with Crippen LogP contribution in [0.25, 0.3) is 17.0 Å². The van der Waals surface area contributed by atoms with Crippen molar-refractivity contribution in [3.05, 3.63) is 85.8 Å². The minimum Gasteiger partial charge on any atom is -0.422 e. The Morgan fingerprint density at radius 3 is 2.68 bits per heavy atom. The highest BCUT2D eigenvalue weighted by Crippen LogP contribution is 2.34. The molecule has 1 aliphatic rings. The van der Waals surface area contributed by atoms with E-state index >= 15 is 0 Å². The van der Waals surface area contributed by atoms with Crippen molar-refractivity contribution in [2.45, 2.75) is 6.54 Å². The molecule has 1 fully saturated rings. The number of amides is 2. The lowest BCUT2D eigenvalue weighted by Crippen LogP contribution is -2.27. The van der Waals surface area contributed by atoms with Crippen LogP contribution < -0.4 is 5.63 Å². The Hall–Kier alpha value is -2.90. The van der Waals surface area contributed by atoms with Crippen molar-refractivity contribution < 1.29 is 18.4 Å². The lowest BCUT2D eigenvalue weighted by Gasteiger charge is -2.13. The predicted octanol–water partition coefficient (Wildman–Crippen LogP) is 4.82. The number of imide groups is 1. The molecule has 2 amide bonds. The first-order chi connectivity index (χ1) is 13.4. The molecule has 28 heavy (non-hydrogen) atoms. The first-order valence-corrected chi connectivity index (χ1v) is 9.34. The van der Waals surface area contributed by atoms with Gasteiger partial charge in [0.25, 0.3) is 11.1 Å². The summed E-state index contributed by atoms with van der Waals surface area (Å²) < 4.78 is 18.4. The van der Waals surface area contributed by atoms with Crippen molar-refractivity contribution in [2.24, 2.45) is 0 Å². The van der Waals surface area contributed by atoms with Crippen LogP contribution in [-0.4, -0.2) is 16.0 Å². The molecule has 1 saturated heterocycles. The Morgan fingerprint density at radius 1 is 1.11 bits per heavy atom. The molecule has 0 spiro atoms. The maximum Gasteiger partial charge on any atom is 0.343 e. The van der Waals surface area contributed by atoms with Crippen LogP contribution in [0.5, 0.6) is 0 Å². The van der Waals surface area contributed by atoms with E-state index in [0.717, 1.165) is 22.7 Å². The van der Waals surface area contributed by atoms with Gasteiger partial charge in [-0.25, -0.2) is 9.18 Å². The van der Waals surface area contributed by atoms with E-state index in [1.54, 1.807) is 30.3 Å². The van der Waals surface area contributed by atoms with Gasteiger partial charge < -0.3 is 4.42 Å². The minimum atomic E-state index is -0.605. The zero-order chi connectivity index (χ0) is 19.8. The van der Waals surface area contributed by atoms with Gasteiger partial charge in [0.15, 0.2) is 0 Å². The van der Waals surface area contributed by atoms with Crippen molar-refractivity contribution in [1.82, 2.24) is 4.90 Å². The minimum absolute atomic E-state index is 0.0898. The van der Waals surface area contributed by atoms with Crippen LogP contribution in [0.4, 0.5) is 9.18 Å². The molecule has 0 unspecified atom stereocenters. The summed E-state index contributed by atoms with van der Waals surface area (Å²) in [5.74, 6) is -1.06. The fraction of sp³-hybridized carbons (Fsp3) is 0.0500. The molecule has 2 aromatic carbocycles. The van der Waals surface area contributed by atoms with Gasteiger partial charge in [-0.2, -0.15) is 0 Å². The van der Waals surface area contributed by atoms with Crippen LogP contribution in [0.1, 0.15) is 11.1 Å². The second-order valence-electron chi connectivity index (χ2n) is 6.03. The number of fused-ring (bicyclic) bond motifs is 1. The summed E-state index contributed by atoms with van der Waals surface area (Å²) in [5, 5.41) is 0.325. The van der Waals surface area contributed by atoms with Crippen LogP contribution in [0.3, 0.4) is 0 Å². The van der Waals surface area contributed by atoms with Gasteiger partial charge >= 0.3 is 5.63 Å². The van der Waals surface area contributed by atoms with E-state index < -0.39 is 22.6 Å². The van der Waals surface area contributed by atoms with Gasteiger partial charge in [0.2, 0.25) is 0 Å². The summed E-state index contributed by atoms with van der Waals surface area (Å²) in [4.78, 5) is 38.2. The molecule has 0 bridgehead atoms. The summed E-state index contributed by atoms with van der Waals surface area (Å²) in [6, 6.07) is 12.3. The lowest BCUT2D eigenvalue weighted by molar-refractivity contribution is -0.123. The second-order valence-corrected chi connectivity index (χ2v) is 7.43. The van der Waals surface area contributed by atoms with Crippen molar-refractivity contribution in [1.29, 1.82) is 0 Å². The molecular weight excluding hydrogens is 405 g/mol. The molecule has 4 rings (SSSR count). The Morgan fingerprint density at radius 2 is 1.89 bits per heavy atom. The smallest absolute Gasteiger partial charge is 0.343 e. The zero-order valence-electron chi connectivity index (χ0n) is 14.1. The van der Waals surface area contributed by atoms with E-state index in [2.05, 4.69) is 0 Å². The number of hydrogen-bond donors (Lipinski definition) is 0. The van der Waals surface area contributed by atoms with Crippen molar-refractivity contribution in [3.63, 3.8) is 0 Å². The Kier molecular flexibility index (Phi) is 4.78. The molecule has 0 N–H and O–H groups in total. The van der Waals surface area contributed by atoms with Crippen molar-refractivity contribution in [2.75, 3.05) is 0 Å². The first kappa shape index (κ1) is 18.5. The van der Waals surface area contributed by atoms with Crippen LogP contribution in [-0.2, 0) is 11.3 Å². The fourth-order valence-corrected chi connectivity index (χ4v) is 3.83. The van der Waals surface area contributed by atoms with Crippen LogP contribution in [0.15, 0.2) is 62.6 Å². The number of rotatable bonds is 3. The topological polar surface area (TPSA) is 67.6 Å². The Bertz CT molecular complexity index is 1220. The van der Waals surface area contributed by atoms with E-state index in [4.69, 9.17) is 16.0 Å². The highest BCUT2D eigenvalue weighted by molar-refractivity contribution is 8.18. The van der Waals surface area contributed by atoms with E-state index in [1.165, 1.54) is 18.2 Å². The number of halogens is 2. The van der Waals surface area contributed by atoms with Crippen molar-refractivity contribution in [3.8, 4) is 0 Å². The largest absolute Gasteiger partial charge is 0.422 e. The maximum atomic E-state index is 13.2. The third-order valence-corrected chi connectivity index (χ3v) is 5.43. The number of para-hydroxylation sites is 1. The van der Waals surface area contributed by atoms with Crippen LogP contribution in [0.2, 0.25) is 5.02 Å². The SMILES string of the molecule is O=C1S/C(=C/c2cc3ccccc3oc2=O)C(=O)N1Cc1ccc(F)cc1Cl. The van der Waals surface area contributed by atoms with Gasteiger partial charge in [-0.05, 0) is 47.7 Å². The van der Waals surface area contributed by atoms with Crippen LogP contribution >= 0.6 is 23.4 Å². The monoisotopic (exact) mass is 415 g/mol. The van der Waals surface area contributed by atoms with Crippen LogP contribution in [0, 0.1) is 5.82 Å². The molecule has 1 aliphatic heterocycles. The van der Waals surface area contributed by atoms with Crippen molar-refractivity contribution >= 4 is 51.6 Å². The summed E-state index contributed by atoms with van der Waals surface area (Å²) >= 11 is 6.70. The molecule has 0 radical (unpaired) electrons. The highest BCUT2D eigenvalue weighted by atomic mass is 35.5. The van der Waals surface area contributed by atoms with E-state index in [9.17, 15) is 18.8 Å². The standard InChI is InChI=1S/C20H11ClFNO4S/c21-15-9-14(22)6-5-12(15)10-23-18(24)17(28-20(23)26)8-13-7-11-3-1-2-4-16(11)27-19(13)25/h1-9H,10H2/b17-8+. The third kappa shape index (κ3) is 3.46. The number of nitrogens with zero attached hydrogens (tertiary/aromatic N) is 1. The molecule has 0 saturated carbocycles. The summed E-state index contributed by atoms with van der Waals surface area (Å²) in [6.07, 6.45) is 1.34. The average molecular weight is 416 g/mol. The Balaban J connectivity index is 1.65. The van der Waals surface area contributed by atoms with Gasteiger partial charge in [-0.1, -0.05) is 35.9 Å². The van der Waals surface area contributed by atoms with E-state index in [-0.39, 0.29) is 22.0 Å². The first-order valence-electron chi connectivity index (χ1n) is 8.14. The Labute approximate surface area is 167 Å². The van der Waals surface area contributed by atoms with Gasteiger partial charge in [-0.3, -0.25) is 14.5 Å². The molecule has 0 aliphatic carbocycles. The second kappa shape index (κ2) is 7.26. The fourth-order valence-electron chi connectivity index (χ4n) is 2.78. The third-order valence-electron chi connectivity index (χ3n) is 4.17. The van der Waals surface area contributed by atoms with Gasteiger partial charge in [-0.15, -0.1) is 0 Å². The lowest BCUT2D eigenvalue weighted by atomic mass is 10.1. The van der Waals surface area contributed by atoms with E-state index in [1.807, 2.05) is 0 Å². The average Bonchev–Trinajstić information content (AvgIpc) is 2.92. The maximum absolute atomic E-state index is 13.2. The van der Waals surface area contributed by atoms with Gasteiger partial charge in [0, 0.05) is 10.4 Å². The molecule has 0 atom stereocenters. The zero-order valence-corrected chi connectivity index (χ0v) is 15.7. The summed E-state index contributed by atoms with van der Waals surface area (Å²) in [5.41, 5.74) is 0.441. The van der Waals surface area contributed by atoms with Gasteiger partial charge in [0.05, 0.1) is 17.0 Å². The molecule has 3 aromatic rings. The molecule has 5 nitrogen and oxygen atoms in total. The van der Waals surface area contributed by atoms with E-state index in [0.29, 0.717) is 16.5 Å². The normalized spacial score (nSPS) is 15.8. The summed E-state index contributed by atoms with van der Waals surface area (Å²) in [7, 11) is 0. The quantitative estimate of drug-likeness (QED) is 0.453. The highest BCUT2D eigenvalue weighted by Gasteiger charge is 2.35. The number of carbonyl (C=O) groups is 2. The molecular formula is C20H11ClFNO4S. The molecule has 8 heteroatoms. The number of hydrogen-bond acceptors (Lipinski definition) is 5. The van der Waals surface area contributed by atoms with Gasteiger partial charge in [0.1, 0.15) is 11.4 Å². The molecule has 140 valence electrons. The number of carbonyl (C=O) groups excluding carboxylic acids is 2. The predicted molar refractivity (Wildman–Crippen MR) is 105 cm³/mol. The number of thioether (sulfide) groups is 1. The summed E-state index contributed by atoms with van der Waals surface area (Å²) in [6.45, 7) is -0.0898.